The molecule has 8 nitrogen and oxygen atoms in total. The van der Waals surface area contributed by atoms with Crippen LogP contribution in [0.15, 0.2) is 0 Å². The summed E-state index contributed by atoms with van der Waals surface area (Å²) in [4.78, 5) is 47.4. The molecule has 0 atom stereocenters. The number of amides is 4. The molecule has 8 heteroatoms. The van der Waals surface area contributed by atoms with Crippen LogP contribution in [0, 0.1) is 11.8 Å². The van der Waals surface area contributed by atoms with E-state index in [0.717, 1.165) is 77.9 Å². The molecular weight excluding hydrogens is 394 g/mol. The number of likely N-dealkylation sites (N-methyl/N-ethyl adjacent to an activating group) is 1. The van der Waals surface area contributed by atoms with Crippen molar-refractivity contribution in [3.63, 3.8) is 0 Å². The summed E-state index contributed by atoms with van der Waals surface area (Å²) in [5, 5.41) is 0. The van der Waals surface area contributed by atoms with Gasteiger partial charge in [0.05, 0.1) is 0 Å². The summed E-state index contributed by atoms with van der Waals surface area (Å²) in [5.41, 5.74) is 0. The van der Waals surface area contributed by atoms with Crippen LogP contribution < -0.4 is 0 Å². The second-order valence-electron chi connectivity index (χ2n) is 9.56. The molecule has 0 saturated carbocycles. The van der Waals surface area contributed by atoms with Gasteiger partial charge < -0.3 is 24.5 Å². The minimum Gasteiger partial charge on any atom is -0.342 e. The molecular formula is C23H41N5O3. The Labute approximate surface area is 187 Å². The molecule has 176 valence electrons. The van der Waals surface area contributed by atoms with Crippen LogP contribution in [-0.4, -0.2) is 115 Å². The number of urea groups is 1. The normalized spacial score (nSPS) is 22.0. The fourth-order valence-corrected chi connectivity index (χ4v) is 5.10. The van der Waals surface area contributed by atoms with Gasteiger partial charge in [-0.15, -0.1) is 0 Å². The lowest BCUT2D eigenvalue weighted by Gasteiger charge is -2.38. The molecule has 0 radical (unpaired) electrons. The third-order valence-corrected chi connectivity index (χ3v) is 7.36. The molecule has 31 heavy (non-hydrogen) atoms. The highest BCUT2D eigenvalue weighted by Gasteiger charge is 2.32. The molecule has 0 unspecified atom stereocenters. The SMILES string of the molecule is CCN1CCN(C(=O)CCC2CCN(C(=O)C3CCN(C(=O)N(C)C)CC3)CC2)CC1. The fraction of sp³-hybridized carbons (Fsp3) is 0.870. The molecule has 0 aromatic heterocycles. The minimum atomic E-state index is 0.0357. The molecule has 0 bridgehead atoms. The van der Waals surface area contributed by atoms with E-state index < -0.39 is 0 Å². The van der Waals surface area contributed by atoms with E-state index >= 15 is 0 Å². The topological polar surface area (TPSA) is 67.4 Å². The van der Waals surface area contributed by atoms with Crippen LogP contribution in [0.5, 0.6) is 0 Å². The van der Waals surface area contributed by atoms with Gasteiger partial charge in [-0.1, -0.05) is 6.92 Å². The smallest absolute Gasteiger partial charge is 0.319 e. The molecule has 3 saturated heterocycles. The van der Waals surface area contributed by atoms with Crippen LogP contribution in [-0.2, 0) is 9.59 Å². The number of hydrogen-bond donors (Lipinski definition) is 0. The first-order valence-electron chi connectivity index (χ1n) is 12.1. The summed E-state index contributed by atoms with van der Waals surface area (Å²) in [6.45, 7) is 9.88. The summed E-state index contributed by atoms with van der Waals surface area (Å²) in [6.07, 6.45) is 5.11. The second-order valence-corrected chi connectivity index (χ2v) is 9.56. The average Bonchev–Trinajstić information content (AvgIpc) is 2.82. The Kier molecular flexibility index (Phi) is 8.58. The number of piperazine rings is 1. The maximum atomic E-state index is 12.9. The van der Waals surface area contributed by atoms with Gasteiger partial charge in [0.1, 0.15) is 0 Å². The number of rotatable bonds is 5. The molecule has 3 aliphatic heterocycles. The Morgan fingerprint density at radius 3 is 1.90 bits per heavy atom. The molecule has 4 amide bonds. The number of piperidine rings is 2. The zero-order chi connectivity index (χ0) is 22.4. The van der Waals surface area contributed by atoms with Crippen molar-refractivity contribution in [3.8, 4) is 0 Å². The highest BCUT2D eigenvalue weighted by molar-refractivity contribution is 5.80. The van der Waals surface area contributed by atoms with Gasteiger partial charge in [-0.05, 0) is 44.6 Å². The molecule has 0 aliphatic carbocycles. The van der Waals surface area contributed by atoms with E-state index in [1.165, 1.54) is 0 Å². The van der Waals surface area contributed by atoms with E-state index in [1.807, 2.05) is 14.7 Å². The Hall–Kier alpha value is -1.83. The summed E-state index contributed by atoms with van der Waals surface area (Å²) >= 11 is 0. The highest BCUT2D eigenvalue weighted by atomic mass is 16.2. The predicted octanol–water partition coefficient (Wildman–Crippen LogP) is 1.56. The van der Waals surface area contributed by atoms with Crippen molar-refractivity contribution in [2.75, 3.05) is 73.0 Å². The number of carbonyl (C=O) groups is 3. The van der Waals surface area contributed by atoms with E-state index in [9.17, 15) is 14.4 Å². The van der Waals surface area contributed by atoms with Crippen LogP contribution in [0.3, 0.4) is 0 Å². The molecule has 3 rings (SSSR count). The Balaban J connectivity index is 1.34. The van der Waals surface area contributed by atoms with Gasteiger partial charge in [0, 0.05) is 78.8 Å². The number of carbonyl (C=O) groups excluding carboxylic acids is 3. The second kappa shape index (κ2) is 11.2. The van der Waals surface area contributed by atoms with Gasteiger partial charge in [-0.25, -0.2) is 4.79 Å². The van der Waals surface area contributed by atoms with Gasteiger partial charge >= 0.3 is 6.03 Å². The van der Waals surface area contributed by atoms with Gasteiger partial charge in [-0.3, -0.25) is 9.59 Å². The summed E-state index contributed by atoms with van der Waals surface area (Å²) in [5.74, 6) is 1.16. The molecule has 0 aromatic carbocycles. The molecule has 3 heterocycles. The first-order valence-corrected chi connectivity index (χ1v) is 12.1. The quantitative estimate of drug-likeness (QED) is 0.657. The highest BCUT2D eigenvalue weighted by Crippen LogP contribution is 2.26. The standard InChI is InChI=1S/C23H41N5O3/c1-4-25-15-17-26(18-16-25)21(29)6-5-19-7-11-27(12-8-19)22(30)20-9-13-28(14-10-20)23(31)24(2)3/h19-20H,4-18H2,1-3H3. The Morgan fingerprint density at radius 2 is 1.35 bits per heavy atom. The van der Waals surface area contributed by atoms with Crippen LogP contribution in [0.1, 0.15) is 45.4 Å². The summed E-state index contributed by atoms with van der Waals surface area (Å²) < 4.78 is 0. The van der Waals surface area contributed by atoms with Crippen molar-refractivity contribution in [1.82, 2.24) is 24.5 Å². The van der Waals surface area contributed by atoms with Crippen LogP contribution >= 0.6 is 0 Å². The summed E-state index contributed by atoms with van der Waals surface area (Å²) in [6, 6.07) is 0.0357. The van der Waals surface area contributed by atoms with Crippen molar-refractivity contribution in [2.45, 2.75) is 45.4 Å². The van der Waals surface area contributed by atoms with Crippen molar-refractivity contribution in [3.05, 3.63) is 0 Å². The first kappa shape index (κ1) is 23.8. The lowest BCUT2D eigenvalue weighted by molar-refractivity contribution is -0.139. The first-order chi connectivity index (χ1) is 14.9. The molecule has 3 aliphatic rings. The third kappa shape index (κ3) is 6.34. The van der Waals surface area contributed by atoms with Gasteiger partial charge in [0.2, 0.25) is 11.8 Å². The van der Waals surface area contributed by atoms with E-state index in [-0.39, 0.29) is 17.9 Å². The zero-order valence-corrected chi connectivity index (χ0v) is 19.7. The van der Waals surface area contributed by atoms with Gasteiger partial charge in [0.15, 0.2) is 0 Å². The minimum absolute atomic E-state index is 0.0357. The van der Waals surface area contributed by atoms with Gasteiger partial charge in [-0.2, -0.15) is 0 Å². The molecule has 3 fully saturated rings. The fourth-order valence-electron chi connectivity index (χ4n) is 5.10. The Morgan fingerprint density at radius 1 is 0.774 bits per heavy atom. The molecule has 0 aromatic rings. The maximum absolute atomic E-state index is 12.9. The van der Waals surface area contributed by atoms with E-state index in [1.54, 1.807) is 19.0 Å². The molecule has 0 spiro atoms. The van der Waals surface area contributed by atoms with Crippen LogP contribution in [0.2, 0.25) is 0 Å². The van der Waals surface area contributed by atoms with E-state index in [0.29, 0.717) is 31.3 Å². The molecule has 0 N–H and O–H groups in total. The number of likely N-dealkylation sites (tertiary alicyclic amines) is 2. The maximum Gasteiger partial charge on any atom is 0.319 e. The van der Waals surface area contributed by atoms with E-state index in [4.69, 9.17) is 0 Å². The van der Waals surface area contributed by atoms with Crippen molar-refractivity contribution in [2.24, 2.45) is 11.8 Å². The lowest BCUT2D eigenvalue weighted by atomic mass is 9.89. The predicted molar refractivity (Wildman–Crippen MR) is 121 cm³/mol. The monoisotopic (exact) mass is 435 g/mol. The van der Waals surface area contributed by atoms with Crippen molar-refractivity contribution in [1.29, 1.82) is 0 Å². The third-order valence-electron chi connectivity index (χ3n) is 7.36. The average molecular weight is 436 g/mol. The summed E-state index contributed by atoms with van der Waals surface area (Å²) in [7, 11) is 3.54. The van der Waals surface area contributed by atoms with Crippen LogP contribution in [0.4, 0.5) is 4.79 Å². The van der Waals surface area contributed by atoms with Crippen molar-refractivity contribution >= 4 is 17.8 Å². The van der Waals surface area contributed by atoms with Gasteiger partial charge in [0.25, 0.3) is 0 Å². The zero-order valence-electron chi connectivity index (χ0n) is 19.7. The van der Waals surface area contributed by atoms with E-state index in [2.05, 4.69) is 11.8 Å². The van der Waals surface area contributed by atoms with Crippen molar-refractivity contribution < 1.29 is 14.4 Å². The number of hydrogen-bond acceptors (Lipinski definition) is 4. The van der Waals surface area contributed by atoms with Crippen LogP contribution in [0.25, 0.3) is 0 Å². The largest absolute Gasteiger partial charge is 0.342 e. The number of nitrogens with zero attached hydrogens (tertiary/aromatic N) is 5. The Bertz CT molecular complexity index is 617. The lowest BCUT2D eigenvalue weighted by Crippen LogP contribution is -2.49.